The Balaban J connectivity index is 3.14. The summed E-state index contributed by atoms with van der Waals surface area (Å²) in [7, 11) is 0. The molecule has 0 aromatic heterocycles. The van der Waals surface area contributed by atoms with Gasteiger partial charge in [0.15, 0.2) is 0 Å². The molecule has 0 radical (unpaired) electrons. The topological polar surface area (TPSA) is 32.6 Å². The highest BCUT2D eigenvalue weighted by atomic mass is 19.1. The summed E-state index contributed by atoms with van der Waals surface area (Å²) >= 11 is 0. The van der Waals surface area contributed by atoms with Gasteiger partial charge >= 0.3 is 0 Å². The van der Waals surface area contributed by atoms with E-state index in [0.29, 0.717) is 0 Å². The standard InChI is InChI=1S/C2H4FNO/c1-2(3)4-5/h5H,1H3. The van der Waals surface area contributed by atoms with E-state index in [-0.39, 0.29) is 0 Å². The van der Waals surface area contributed by atoms with Crippen molar-refractivity contribution in [1.29, 1.82) is 0 Å². The predicted molar refractivity (Wildman–Crippen MR) is 16.0 cm³/mol. The molecule has 1 N–H and O–H groups in total. The maximum atomic E-state index is 10.9. The van der Waals surface area contributed by atoms with E-state index in [1.54, 1.807) is 0 Å². The molecular formula is C2H4FNO. The van der Waals surface area contributed by atoms with E-state index >= 15 is 0 Å². The Morgan fingerprint density at radius 1 is 2.00 bits per heavy atom. The third-order valence-corrected chi connectivity index (χ3v) is 0.138. The number of hydrogen-bond acceptors (Lipinski definition) is 2. The van der Waals surface area contributed by atoms with Crippen LogP contribution in [0, 0.1) is 0 Å². The fourth-order valence-corrected chi connectivity index (χ4v) is 0. The molecule has 0 rings (SSSR count). The second-order valence-electron chi connectivity index (χ2n) is 0.597. The molecule has 0 spiro atoms. The van der Waals surface area contributed by atoms with Crippen molar-refractivity contribution < 1.29 is 9.60 Å². The van der Waals surface area contributed by atoms with Crippen molar-refractivity contribution in [3.8, 4) is 0 Å². The molecule has 0 aliphatic heterocycles. The van der Waals surface area contributed by atoms with Crippen LogP contribution < -0.4 is 0 Å². The third kappa shape index (κ3) is 3.40. The highest BCUT2D eigenvalue weighted by molar-refractivity contribution is 5.70. The summed E-state index contributed by atoms with van der Waals surface area (Å²) in [6.45, 7) is 1.06. The molecule has 0 aromatic carbocycles. The molecule has 0 saturated carbocycles. The SMILES string of the molecule is CC(F)=NO. The third-order valence-electron chi connectivity index (χ3n) is 0.138. The van der Waals surface area contributed by atoms with Crippen molar-refractivity contribution in [1.82, 2.24) is 0 Å². The molecule has 0 fully saturated rings. The molecule has 5 heavy (non-hydrogen) atoms. The molecule has 0 bridgehead atoms. The molecule has 0 unspecified atom stereocenters. The van der Waals surface area contributed by atoms with Gasteiger partial charge < -0.3 is 5.21 Å². The minimum absolute atomic E-state index is 0.815. The van der Waals surface area contributed by atoms with Gasteiger partial charge in [0.1, 0.15) is 0 Å². The van der Waals surface area contributed by atoms with Gasteiger partial charge in [-0.05, 0) is 0 Å². The quantitative estimate of drug-likeness (QED) is 0.258. The van der Waals surface area contributed by atoms with Gasteiger partial charge in [-0.3, -0.25) is 0 Å². The first-order valence-electron chi connectivity index (χ1n) is 1.11. The smallest absolute Gasteiger partial charge is 0.223 e. The van der Waals surface area contributed by atoms with Crippen LogP contribution in [0.5, 0.6) is 0 Å². The summed E-state index contributed by atoms with van der Waals surface area (Å²) in [4.78, 5) is 0. The average molecular weight is 77.1 g/mol. The highest BCUT2D eigenvalue weighted by Crippen LogP contribution is 1.68. The van der Waals surface area contributed by atoms with Crippen LogP contribution >= 0.6 is 0 Å². The molecule has 3 heteroatoms. The van der Waals surface area contributed by atoms with Crippen LogP contribution in [0.15, 0.2) is 5.16 Å². The molecule has 0 aliphatic carbocycles. The largest absolute Gasteiger partial charge is 0.409 e. The van der Waals surface area contributed by atoms with Crippen molar-refractivity contribution in [3.63, 3.8) is 0 Å². The number of nitrogens with zero attached hydrogens (tertiary/aromatic N) is 1. The molecule has 2 nitrogen and oxygen atoms in total. The normalized spacial score (nSPS) is 12.0. The van der Waals surface area contributed by atoms with E-state index in [1.165, 1.54) is 0 Å². The van der Waals surface area contributed by atoms with Crippen molar-refractivity contribution in [2.75, 3.05) is 0 Å². The van der Waals surface area contributed by atoms with Crippen LogP contribution in [0.2, 0.25) is 0 Å². The van der Waals surface area contributed by atoms with Crippen molar-refractivity contribution >= 4 is 5.97 Å². The zero-order valence-corrected chi connectivity index (χ0v) is 2.77. The second kappa shape index (κ2) is 1.69. The second-order valence-corrected chi connectivity index (χ2v) is 0.597. The first-order valence-corrected chi connectivity index (χ1v) is 1.11. The lowest BCUT2D eigenvalue weighted by Gasteiger charge is -1.67. The zero-order chi connectivity index (χ0) is 4.28. The Hall–Kier alpha value is -0.600. The number of oxime groups is 1. The van der Waals surface area contributed by atoms with E-state index in [1.807, 2.05) is 0 Å². The van der Waals surface area contributed by atoms with Crippen LogP contribution in [-0.4, -0.2) is 11.2 Å². The molecule has 0 atom stereocenters. The van der Waals surface area contributed by atoms with Crippen LogP contribution in [-0.2, 0) is 0 Å². The van der Waals surface area contributed by atoms with Gasteiger partial charge in [0, 0.05) is 6.92 Å². The Kier molecular flexibility index (Phi) is 1.49. The van der Waals surface area contributed by atoms with E-state index in [2.05, 4.69) is 5.16 Å². The first-order chi connectivity index (χ1) is 2.27. The lowest BCUT2D eigenvalue weighted by molar-refractivity contribution is 0.311. The van der Waals surface area contributed by atoms with Gasteiger partial charge in [-0.25, -0.2) is 0 Å². The van der Waals surface area contributed by atoms with Gasteiger partial charge in [0.05, 0.1) is 0 Å². The summed E-state index contributed by atoms with van der Waals surface area (Å²) in [6, 6.07) is 0. The molecule has 0 heterocycles. The van der Waals surface area contributed by atoms with Crippen LogP contribution in [0.25, 0.3) is 0 Å². The Bertz CT molecular complexity index is 47.6. The summed E-state index contributed by atoms with van der Waals surface area (Å²) in [5, 5.41) is 9.50. The Morgan fingerprint density at radius 2 is 2.20 bits per heavy atom. The fourth-order valence-electron chi connectivity index (χ4n) is 0. The summed E-state index contributed by atoms with van der Waals surface area (Å²) < 4.78 is 10.9. The van der Waals surface area contributed by atoms with Crippen LogP contribution in [0.4, 0.5) is 4.39 Å². The minimum Gasteiger partial charge on any atom is -0.409 e. The summed E-state index contributed by atoms with van der Waals surface area (Å²) in [5.41, 5.74) is 0. The maximum absolute atomic E-state index is 10.9. The van der Waals surface area contributed by atoms with Gasteiger partial charge in [0.2, 0.25) is 5.97 Å². The summed E-state index contributed by atoms with van der Waals surface area (Å²) in [6.07, 6.45) is 0. The molecule has 0 saturated heterocycles. The van der Waals surface area contributed by atoms with Crippen molar-refractivity contribution in [2.45, 2.75) is 6.92 Å². The van der Waals surface area contributed by atoms with E-state index in [9.17, 15) is 4.39 Å². The van der Waals surface area contributed by atoms with E-state index < -0.39 is 5.97 Å². The lowest BCUT2D eigenvalue weighted by atomic mass is 10.9. The minimum atomic E-state index is -0.815. The first kappa shape index (κ1) is 4.40. The molecule has 0 aromatic rings. The van der Waals surface area contributed by atoms with Crippen molar-refractivity contribution in [3.05, 3.63) is 0 Å². The van der Waals surface area contributed by atoms with Gasteiger partial charge in [-0.2, -0.15) is 4.39 Å². The monoisotopic (exact) mass is 77.0 g/mol. The highest BCUT2D eigenvalue weighted by Gasteiger charge is 1.72. The lowest BCUT2D eigenvalue weighted by Crippen LogP contribution is -1.71. The van der Waals surface area contributed by atoms with Crippen LogP contribution in [0.3, 0.4) is 0 Å². The molecule has 0 amide bonds. The van der Waals surface area contributed by atoms with Gasteiger partial charge in [-0.15, -0.1) is 0 Å². The maximum Gasteiger partial charge on any atom is 0.223 e. The molecular weight excluding hydrogens is 73.0 g/mol. The van der Waals surface area contributed by atoms with Gasteiger partial charge in [-0.1, -0.05) is 5.16 Å². The van der Waals surface area contributed by atoms with Crippen molar-refractivity contribution in [2.24, 2.45) is 5.16 Å². The number of hydrogen-bond donors (Lipinski definition) is 1. The molecule has 0 aliphatic rings. The Morgan fingerprint density at radius 3 is 2.20 bits per heavy atom. The predicted octanol–water partition coefficient (Wildman–Crippen LogP) is 0.764. The fraction of sp³-hybridized carbons (Fsp3) is 0.500. The zero-order valence-electron chi connectivity index (χ0n) is 2.77. The van der Waals surface area contributed by atoms with Gasteiger partial charge in [0.25, 0.3) is 0 Å². The molecule has 30 valence electrons. The van der Waals surface area contributed by atoms with E-state index in [4.69, 9.17) is 5.21 Å². The summed E-state index contributed by atoms with van der Waals surface area (Å²) in [5.74, 6) is -0.815. The van der Waals surface area contributed by atoms with E-state index in [0.717, 1.165) is 6.92 Å². The number of rotatable bonds is 0. The number of halogens is 1. The average Bonchev–Trinajstić information content (AvgIpc) is 1.38. The van der Waals surface area contributed by atoms with Crippen LogP contribution in [0.1, 0.15) is 6.92 Å². The Labute approximate surface area is 28.9 Å².